The van der Waals surface area contributed by atoms with Crippen molar-refractivity contribution in [3.63, 3.8) is 0 Å². The lowest BCUT2D eigenvalue weighted by Crippen LogP contribution is -2.28. The molecule has 124 valence electrons. The van der Waals surface area contributed by atoms with Crippen molar-refractivity contribution in [1.29, 1.82) is 0 Å². The second-order valence-corrected chi connectivity index (χ2v) is 5.64. The second kappa shape index (κ2) is 6.74. The zero-order valence-corrected chi connectivity index (χ0v) is 14.1. The zero-order chi connectivity index (χ0) is 17.1. The minimum atomic E-state index is -0.135. The van der Waals surface area contributed by atoms with Crippen molar-refractivity contribution in [3.05, 3.63) is 65.6 Å². The predicted molar refractivity (Wildman–Crippen MR) is 93.4 cm³/mol. The standard InChI is InChI=1S/C19H21N3O2/c1-4-15-17(22-12-8-11-16(24-3)18(22)21-15)19(23)20-13(2)14-9-6-5-7-10-14/h5-13H,4H2,1-3H3,(H,20,23). The molecule has 0 saturated heterocycles. The van der Waals surface area contributed by atoms with Gasteiger partial charge in [0.15, 0.2) is 11.4 Å². The van der Waals surface area contributed by atoms with Gasteiger partial charge in [-0.05, 0) is 31.0 Å². The molecule has 5 heteroatoms. The second-order valence-electron chi connectivity index (χ2n) is 5.64. The maximum Gasteiger partial charge on any atom is 0.270 e. The largest absolute Gasteiger partial charge is 0.493 e. The highest BCUT2D eigenvalue weighted by atomic mass is 16.5. The lowest BCUT2D eigenvalue weighted by molar-refractivity contribution is 0.0933. The number of carbonyl (C=O) groups is 1. The highest BCUT2D eigenvalue weighted by Gasteiger charge is 2.21. The molecule has 5 nitrogen and oxygen atoms in total. The summed E-state index contributed by atoms with van der Waals surface area (Å²) in [5.41, 5.74) is 3.05. The van der Waals surface area contributed by atoms with Crippen molar-refractivity contribution >= 4 is 11.6 Å². The summed E-state index contributed by atoms with van der Waals surface area (Å²) in [5, 5.41) is 3.06. The molecule has 3 rings (SSSR count). The van der Waals surface area contributed by atoms with Gasteiger partial charge in [-0.15, -0.1) is 0 Å². The SMILES string of the molecule is CCc1nc2c(OC)cccn2c1C(=O)NC(C)c1ccccc1. The van der Waals surface area contributed by atoms with Crippen molar-refractivity contribution in [2.75, 3.05) is 7.11 Å². The minimum absolute atomic E-state index is 0.0837. The van der Waals surface area contributed by atoms with Gasteiger partial charge in [-0.3, -0.25) is 9.20 Å². The summed E-state index contributed by atoms with van der Waals surface area (Å²) in [6.07, 6.45) is 2.51. The number of fused-ring (bicyclic) bond motifs is 1. The molecule has 0 bridgehead atoms. The number of ether oxygens (including phenoxy) is 1. The third-order valence-electron chi connectivity index (χ3n) is 4.10. The molecule has 2 aromatic heterocycles. The molecule has 0 aliphatic carbocycles. The first-order chi connectivity index (χ1) is 11.7. The Balaban J connectivity index is 1.97. The van der Waals surface area contributed by atoms with E-state index in [4.69, 9.17) is 4.74 Å². The summed E-state index contributed by atoms with van der Waals surface area (Å²) in [6, 6.07) is 13.5. The van der Waals surface area contributed by atoms with Gasteiger partial charge in [-0.25, -0.2) is 4.98 Å². The first-order valence-corrected chi connectivity index (χ1v) is 8.05. The smallest absolute Gasteiger partial charge is 0.270 e. The molecule has 1 amide bonds. The summed E-state index contributed by atoms with van der Waals surface area (Å²) >= 11 is 0. The molecule has 0 radical (unpaired) electrons. The van der Waals surface area contributed by atoms with Crippen molar-refractivity contribution in [3.8, 4) is 5.75 Å². The number of pyridine rings is 1. The van der Waals surface area contributed by atoms with Crippen LogP contribution in [0.3, 0.4) is 0 Å². The number of imidazole rings is 1. The summed E-state index contributed by atoms with van der Waals surface area (Å²) in [6.45, 7) is 3.97. The maximum atomic E-state index is 12.9. The van der Waals surface area contributed by atoms with Crippen LogP contribution >= 0.6 is 0 Å². The fourth-order valence-corrected chi connectivity index (χ4v) is 2.83. The van der Waals surface area contributed by atoms with Crippen LogP contribution in [0.1, 0.15) is 41.6 Å². The average molecular weight is 323 g/mol. The van der Waals surface area contributed by atoms with Gasteiger partial charge < -0.3 is 10.1 Å². The summed E-state index contributed by atoms with van der Waals surface area (Å²) in [4.78, 5) is 17.5. The molecular weight excluding hydrogens is 302 g/mol. The molecule has 1 N–H and O–H groups in total. The van der Waals surface area contributed by atoms with Crippen LogP contribution in [0.25, 0.3) is 5.65 Å². The van der Waals surface area contributed by atoms with Gasteiger partial charge in [-0.1, -0.05) is 37.3 Å². The van der Waals surface area contributed by atoms with E-state index in [1.165, 1.54) is 0 Å². The highest BCUT2D eigenvalue weighted by Crippen LogP contribution is 2.23. The van der Waals surface area contributed by atoms with Gasteiger partial charge in [0.2, 0.25) is 0 Å². The van der Waals surface area contributed by atoms with Gasteiger partial charge >= 0.3 is 0 Å². The van der Waals surface area contributed by atoms with E-state index in [1.807, 2.05) is 62.5 Å². The maximum absolute atomic E-state index is 12.9. The van der Waals surface area contributed by atoms with Crippen LogP contribution < -0.4 is 10.1 Å². The van der Waals surface area contributed by atoms with Crippen LogP contribution in [-0.4, -0.2) is 22.4 Å². The van der Waals surface area contributed by atoms with Crippen LogP contribution in [0.2, 0.25) is 0 Å². The first kappa shape index (κ1) is 16.1. The van der Waals surface area contributed by atoms with Gasteiger partial charge in [0, 0.05) is 6.20 Å². The van der Waals surface area contributed by atoms with E-state index in [9.17, 15) is 4.79 Å². The summed E-state index contributed by atoms with van der Waals surface area (Å²) < 4.78 is 7.15. The highest BCUT2D eigenvalue weighted by molar-refractivity contribution is 5.95. The fraction of sp³-hybridized carbons (Fsp3) is 0.263. The Labute approximate surface area is 141 Å². The zero-order valence-electron chi connectivity index (χ0n) is 14.1. The van der Waals surface area contributed by atoms with Crippen LogP contribution in [0.5, 0.6) is 5.75 Å². The van der Waals surface area contributed by atoms with Crippen LogP contribution in [0, 0.1) is 0 Å². The molecule has 0 aliphatic rings. The number of rotatable bonds is 5. The number of methoxy groups -OCH3 is 1. The minimum Gasteiger partial charge on any atom is -0.493 e. The Bertz CT molecular complexity index is 856. The Morgan fingerprint density at radius 3 is 2.67 bits per heavy atom. The topological polar surface area (TPSA) is 55.6 Å². The van der Waals surface area contributed by atoms with E-state index in [-0.39, 0.29) is 11.9 Å². The molecule has 0 fully saturated rings. The van der Waals surface area contributed by atoms with Gasteiger partial charge in [0.05, 0.1) is 18.8 Å². The van der Waals surface area contributed by atoms with E-state index >= 15 is 0 Å². The van der Waals surface area contributed by atoms with Crippen molar-refractivity contribution in [1.82, 2.24) is 14.7 Å². The summed E-state index contributed by atoms with van der Waals surface area (Å²) in [7, 11) is 1.60. The Morgan fingerprint density at radius 1 is 1.25 bits per heavy atom. The van der Waals surface area contributed by atoms with E-state index in [2.05, 4.69) is 10.3 Å². The van der Waals surface area contributed by atoms with Crippen LogP contribution in [-0.2, 0) is 6.42 Å². The molecule has 2 heterocycles. The number of hydrogen-bond donors (Lipinski definition) is 1. The molecule has 0 saturated carbocycles. The first-order valence-electron chi connectivity index (χ1n) is 8.05. The molecular formula is C19H21N3O2. The van der Waals surface area contributed by atoms with E-state index in [0.717, 1.165) is 11.3 Å². The number of nitrogens with zero attached hydrogens (tertiary/aromatic N) is 2. The van der Waals surface area contributed by atoms with Gasteiger partial charge in [-0.2, -0.15) is 0 Å². The van der Waals surface area contributed by atoms with E-state index in [0.29, 0.717) is 23.5 Å². The molecule has 1 atom stereocenters. The van der Waals surface area contributed by atoms with E-state index < -0.39 is 0 Å². The number of aromatic nitrogens is 2. The van der Waals surface area contributed by atoms with Crippen molar-refractivity contribution in [2.45, 2.75) is 26.3 Å². The molecule has 24 heavy (non-hydrogen) atoms. The lowest BCUT2D eigenvalue weighted by atomic mass is 10.1. The number of hydrogen-bond acceptors (Lipinski definition) is 3. The average Bonchev–Trinajstić information content (AvgIpc) is 3.01. The molecule has 1 unspecified atom stereocenters. The molecule has 3 aromatic rings. The van der Waals surface area contributed by atoms with E-state index in [1.54, 1.807) is 11.5 Å². The fourth-order valence-electron chi connectivity index (χ4n) is 2.83. The van der Waals surface area contributed by atoms with Gasteiger partial charge in [0.1, 0.15) is 5.69 Å². The third-order valence-corrected chi connectivity index (χ3v) is 4.10. The normalized spacial score (nSPS) is 12.1. The number of nitrogens with one attached hydrogen (secondary N) is 1. The monoisotopic (exact) mass is 323 g/mol. The van der Waals surface area contributed by atoms with Crippen LogP contribution in [0.15, 0.2) is 48.7 Å². The molecule has 1 aromatic carbocycles. The number of amides is 1. The molecule has 0 spiro atoms. The molecule has 0 aliphatic heterocycles. The number of aryl methyl sites for hydroxylation is 1. The quantitative estimate of drug-likeness (QED) is 0.783. The third kappa shape index (κ3) is 2.85. The Kier molecular flexibility index (Phi) is 4.51. The predicted octanol–water partition coefficient (Wildman–Crippen LogP) is 3.40. The Morgan fingerprint density at radius 2 is 2.00 bits per heavy atom. The van der Waals surface area contributed by atoms with Crippen molar-refractivity contribution < 1.29 is 9.53 Å². The van der Waals surface area contributed by atoms with Crippen molar-refractivity contribution in [2.24, 2.45) is 0 Å². The Hall–Kier alpha value is -2.82. The number of benzene rings is 1. The summed E-state index contributed by atoms with van der Waals surface area (Å²) in [5.74, 6) is 0.520. The van der Waals surface area contributed by atoms with Gasteiger partial charge in [0.25, 0.3) is 5.91 Å². The van der Waals surface area contributed by atoms with Crippen LogP contribution in [0.4, 0.5) is 0 Å². The number of carbonyl (C=O) groups excluding carboxylic acids is 1. The lowest BCUT2D eigenvalue weighted by Gasteiger charge is -2.14.